The predicted molar refractivity (Wildman–Crippen MR) is 62.0 cm³/mol. The topological polar surface area (TPSA) is 56.3 Å². The van der Waals surface area contributed by atoms with E-state index in [2.05, 4.69) is 21.4 Å². The van der Waals surface area contributed by atoms with Crippen LogP contribution in [0.4, 0.5) is 0 Å². The summed E-state index contributed by atoms with van der Waals surface area (Å²) in [5, 5.41) is 0. The van der Waals surface area contributed by atoms with Crippen LogP contribution in [0.5, 0.6) is 0 Å². The monoisotopic (exact) mass is 224 g/mol. The minimum atomic E-state index is 0.187. The fourth-order valence-corrected chi connectivity index (χ4v) is 2.06. The molecule has 5 heteroatoms. The van der Waals surface area contributed by atoms with Crippen molar-refractivity contribution in [3.63, 3.8) is 0 Å². The van der Waals surface area contributed by atoms with Crippen molar-refractivity contribution in [1.82, 2.24) is 14.5 Å². The highest BCUT2D eigenvalue weighted by atomic mass is 16.5. The molecule has 0 amide bonds. The van der Waals surface area contributed by atoms with Gasteiger partial charge in [0.05, 0.1) is 24.7 Å². The molecule has 2 heterocycles. The molecule has 16 heavy (non-hydrogen) atoms. The van der Waals surface area contributed by atoms with Crippen LogP contribution in [0.15, 0.2) is 12.5 Å². The van der Waals surface area contributed by atoms with Gasteiger partial charge in [0.15, 0.2) is 0 Å². The zero-order valence-corrected chi connectivity index (χ0v) is 9.80. The molecule has 0 radical (unpaired) electrons. The van der Waals surface area contributed by atoms with Crippen LogP contribution in [0, 0.1) is 0 Å². The van der Waals surface area contributed by atoms with Crippen molar-refractivity contribution in [1.29, 1.82) is 0 Å². The number of hydrogen-bond acceptors (Lipinski definition) is 4. The summed E-state index contributed by atoms with van der Waals surface area (Å²) < 4.78 is 7.72. The molecule has 2 N–H and O–H groups in total. The lowest BCUT2D eigenvalue weighted by molar-refractivity contribution is -0.0267. The third kappa shape index (κ3) is 2.61. The molecule has 1 saturated heterocycles. The molecular weight excluding hydrogens is 204 g/mol. The second kappa shape index (κ2) is 5.43. The van der Waals surface area contributed by atoms with E-state index in [1.807, 2.05) is 12.5 Å². The Bertz CT molecular complexity index is 326. The van der Waals surface area contributed by atoms with Crippen LogP contribution in [0.3, 0.4) is 0 Å². The maximum Gasteiger partial charge on any atom is 0.0948 e. The van der Waals surface area contributed by atoms with E-state index in [9.17, 15) is 0 Å². The molecule has 90 valence electrons. The Balaban J connectivity index is 1.93. The summed E-state index contributed by atoms with van der Waals surface area (Å²) in [4.78, 5) is 6.56. The van der Waals surface area contributed by atoms with Crippen LogP contribution in [-0.2, 0) is 17.8 Å². The quantitative estimate of drug-likeness (QED) is 0.786. The maximum absolute atomic E-state index is 5.63. The number of nitrogens with zero attached hydrogens (tertiary/aromatic N) is 3. The van der Waals surface area contributed by atoms with Crippen LogP contribution < -0.4 is 5.73 Å². The summed E-state index contributed by atoms with van der Waals surface area (Å²) >= 11 is 0. The number of imidazole rings is 1. The molecule has 1 aliphatic rings. The van der Waals surface area contributed by atoms with Gasteiger partial charge < -0.3 is 15.0 Å². The van der Waals surface area contributed by atoms with Gasteiger partial charge in [-0.1, -0.05) is 0 Å². The van der Waals surface area contributed by atoms with Gasteiger partial charge in [-0.2, -0.15) is 0 Å². The summed E-state index contributed by atoms with van der Waals surface area (Å²) in [6, 6.07) is 0. The zero-order valence-electron chi connectivity index (χ0n) is 9.80. The van der Waals surface area contributed by atoms with Crippen LogP contribution >= 0.6 is 0 Å². The number of nitrogens with two attached hydrogens (primary N) is 1. The smallest absolute Gasteiger partial charge is 0.0948 e. The van der Waals surface area contributed by atoms with E-state index in [1.165, 1.54) is 5.69 Å². The van der Waals surface area contributed by atoms with E-state index >= 15 is 0 Å². The van der Waals surface area contributed by atoms with Crippen LogP contribution in [0.25, 0.3) is 0 Å². The Kier molecular flexibility index (Phi) is 3.93. The Labute approximate surface area is 96.2 Å². The predicted octanol–water partition coefficient (Wildman–Crippen LogP) is 0.0625. The number of hydrogen-bond donors (Lipinski definition) is 1. The standard InChI is InChI=1S/C11H20N4O/c1-2-15-9-13-6-10(15)7-14-3-4-16-11(5-12)8-14/h6,9,11H,2-5,7-8,12H2,1H3. The molecule has 1 fully saturated rings. The van der Waals surface area contributed by atoms with Crippen molar-refractivity contribution < 1.29 is 4.74 Å². The Morgan fingerprint density at radius 2 is 2.50 bits per heavy atom. The molecule has 0 spiro atoms. The average molecular weight is 224 g/mol. The van der Waals surface area contributed by atoms with Gasteiger partial charge in [-0.15, -0.1) is 0 Å². The zero-order chi connectivity index (χ0) is 11.4. The van der Waals surface area contributed by atoms with E-state index in [0.717, 1.165) is 32.8 Å². The molecule has 1 aromatic rings. The Hall–Kier alpha value is -0.910. The third-order valence-corrected chi connectivity index (χ3v) is 3.01. The summed E-state index contributed by atoms with van der Waals surface area (Å²) in [5.41, 5.74) is 6.89. The Morgan fingerprint density at radius 1 is 1.62 bits per heavy atom. The molecule has 0 saturated carbocycles. The summed E-state index contributed by atoms with van der Waals surface area (Å²) in [6.07, 6.45) is 4.01. The van der Waals surface area contributed by atoms with Crippen molar-refractivity contribution in [3.8, 4) is 0 Å². The average Bonchev–Trinajstić information content (AvgIpc) is 2.76. The minimum Gasteiger partial charge on any atom is -0.374 e. The highest BCUT2D eigenvalue weighted by Gasteiger charge is 2.19. The van der Waals surface area contributed by atoms with Gasteiger partial charge in [-0.25, -0.2) is 4.98 Å². The number of ether oxygens (including phenoxy) is 1. The second-order valence-electron chi connectivity index (χ2n) is 4.13. The van der Waals surface area contributed by atoms with E-state index in [1.54, 1.807) is 0 Å². The van der Waals surface area contributed by atoms with E-state index < -0.39 is 0 Å². The Morgan fingerprint density at radius 3 is 3.25 bits per heavy atom. The van der Waals surface area contributed by atoms with Gasteiger partial charge in [0.25, 0.3) is 0 Å². The second-order valence-corrected chi connectivity index (χ2v) is 4.13. The van der Waals surface area contributed by atoms with Gasteiger partial charge in [0.2, 0.25) is 0 Å². The molecule has 1 aliphatic heterocycles. The van der Waals surface area contributed by atoms with Gasteiger partial charge in [0, 0.05) is 38.9 Å². The van der Waals surface area contributed by atoms with Crippen molar-refractivity contribution in [2.45, 2.75) is 26.1 Å². The summed E-state index contributed by atoms with van der Waals surface area (Å²) in [5.74, 6) is 0. The number of morpholine rings is 1. The van der Waals surface area contributed by atoms with E-state index in [0.29, 0.717) is 6.54 Å². The molecule has 1 atom stereocenters. The largest absolute Gasteiger partial charge is 0.374 e. The van der Waals surface area contributed by atoms with Gasteiger partial charge in [-0.3, -0.25) is 4.90 Å². The molecule has 1 unspecified atom stereocenters. The van der Waals surface area contributed by atoms with Crippen LogP contribution in [-0.4, -0.2) is 46.8 Å². The SMILES string of the molecule is CCn1cncc1CN1CCOC(CN)C1. The highest BCUT2D eigenvalue weighted by molar-refractivity contribution is 4.98. The maximum atomic E-state index is 5.63. The van der Waals surface area contributed by atoms with E-state index in [-0.39, 0.29) is 6.10 Å². The number of rotatable bonds is 4. The summed E-state index contributed by atoms with van der Waals surface area (Å²) in [7, 11) is 0. The van der Waals surface area contributed by atoms with Gasteiger partial charge in [0.1, 0.15) is 0 Å². The molecule has 1 aromatic heterocycles. The van der Waals surface area contributed by atoms with Crippen LogP contribution in [0.2, 0.25) is 0 Å². The lowest BCUT2D eigenvalue weighted by Gasteiger charge is -2.32. The molecular formula is C11H20N4O. The van der Waals surface area contributed by atoms with Crippen molar-refractivity contribution in [2.75, 3.05) is 26.2 Å². The van der Waals surface area contributed by atoms with Crippen molar-refractivity contribution in [2.24, 2.45) is 5.73 Å². The van der Waals surface area contributed by atoms with Gasteiger partial charge >= 0.3 is 0 Å². The molecule has 0 bridgehead atoms. The molecule has 2 rings (SSSR count). The first-order valence-corrected chi connectivity index (χ1v) is 5.86. The minimum absolute atomic E-state index is 0.187. The van der Waals surface area contributed by atoms with Crippen molar-refractivity contribution in [3.05, 3.63) is 18.2 Å². The number of aromatic nitrogens is 2. The third-order valence-electron chi connectivity index (χ3n) is 3.01. The molecule has 0 aromatic carbocycles. The first-order chi connectivity index (χ1) is 7.83. The lowest BCUT2D eigenvalue weighted by Crippen LogP contribution is -2.45. The fourth-order valence-electron chi connectivity index (χ4n) is 2.06. The molecule has 0 aliphatic carbocycles. The summed E-state index contributed by atoms with van der Waals surface area (Å²) in [6.45, 7) is 7.32. The first kappa shape index (κ1) is 11.6. The van der Waals surface area contributed by atoms with Crippen LogP contribution in [0.1, 0.15) is 12.6 Å². The lowest BCUT2D eigenvalue weighted by atomic mass is 10.2. The first-order valence-electron chi connectivity index (χ1n) is 5.86. The van der Waals surface area contributed by atoms with E-state index in [4.69, 9.17) is 10.5 Å². The number of aryl methyl sites for hydroxylation is 1. The van der Waals surface area contributed by atoms with Crippen molar-refractivity contribution >= 4 is 0 Å². The van der Waals surface area contributed by atoms with Gasteiger partial charge in [-0.05, 0) is 6.92 Å². The fraction of sp³-hybridized carbons (Fsp3) is 0.727. The highest BCUT2D eigenvalue weighted by Crippen LogP contribution is 2.09. The molecule has 5 nitrogen and oxygen atoms in total. The normalized spacial score (nSPS) is 22.5.